The van der Waals surface area contributed by atoms with Gasteiger partial charge < -0.3 is 15.4 Å². The number of hydrogen-bond acceptors (Lipinski definition) is 5. The second kappa shape index (κ2) is 5.55. The molecule has 0 aliphatic carbocycles. The van der Waals surface area contributed by atoms with Crippen LogP contribution in [0.3, 0.4) is 0 Å². The van der Waals surface area contributed by atoms with Gasteiger partial charge in [0.1, 0.15) is 11.8 Å². The second-order valence-electron chi connectivity index (χ2n) is 5.94. The summed E-state index contributed by atoms with van der Waals surface area (Å²) < 4.78 is 19.5. The van der Waals surface area contributed by atoms with Crippen molar-refractivity contribution >= 4 is 22.6 Å². The summed E-state index contributed by atoms with van der Waals surface area (Å²) in [6.07, 6.45) is 0.612. The van der Waals surface area contributed by atoms with Crippen LogP contribution in [-0.4, -0.2) is 40.8 Å². The van der Waals surface area contributed by atoms with Crippen LogP contribution in [0.2, 0.25) is 0 Å². The van der Waals surface area contributed by atoms with Gasteiger partial charge in [0.2, 0.25) is 0 Å². The molecule has 0 bridgehead atoms. The summed E-state index contributed by atoms with van der Waals surface area (Å²) in [5.41, 5.74) is 5.01. The molecule has 0 aromatic carbocycles. The summed E-state index contributed by atoms with van der Waals surface area (Å²) in [5.74, 6) is -0.233. The summed E-state index contributed by atoms with van der Waals surface area (Å²) in [7, 11) is 0. The monoisotopic (exact) mass is 301 g/mol. The van der Waals surface area contributed by atoms with Gasteiger partial charge in [0.15, 0.2) is 5.13 Å². The van der Waals surface area contributed by atoms with Gasteiger partial charge in [0.05, 0.1) is 6.54 Å². The number of anilines is 1. The Morgan fingerprint density at radius 3 is 2.80 bits per heavy atom. The molecule has 2 rings (SSSR count). The Balaban J connectivity index is 1.97. The van der Waals surface area contributed by atoms with E-state index in [1.807, 2.05) is 0 Å². The molecule has 0 spiro atoms. The first-order chi connectivity index (χ1) is 9.26. The minimum Gasteiger partial charge on any atom is -0.444 e. The average molecular weight is 301 g/mol. The van der Waals surface area contributed by atoms with Crippen LogP contribution in [0.25, 0.3) is 0 Å². The Labute approximate surface area is 121 Å². The van der Waals surface area contributed by atoms with Crippen molar-refractivity contribution in [3.63, 3.8) is 0 Å². The van der Waals surface area contributed by atoms with Gasteiger partial charge in [-0.1, -0.05) is 0 Å². The standard InChI is InChI=1S/C13H20FN3O2S/c1-13(2,3)19-12(18)17-5-4-8(9(14)7-17)10-6-16-11(15)20-10/h6,8-9H,4-5,7H2,1-3H3,(H2,15,16)/t8-,9+/m0/s1. The molecule has 0 saturated carbocycles. The first-order valence-electron chi connectivity index (χ1n) is 6.59. The van der Waals surface area contributed by atoms with Gasteiger partial charge in [0, 0.05) is 23.5 Å². The van der Waals surface area contributed by atoms with E-state index >= 15 is 0 Å². The topological polar surface area (TPSA) is 68.5 Å². The lowest BCUT2D eigenvalue weighted by atomic mass is 9.94. The van der Waals surface area contributed by atoms with E-state index in [9.17, 15) is 9.18 Å². The molecule has 1 fully saturated rings. The Morgan fingerprint density at radius 1 is 1.60 bits per heavy atom. The van der Waals surface area contributed by atoms with Crippen molar-refractivity contribution in [2.75, 3.05) is 18.8 Å². The number of nitrogen functional groups attached to an aromatic ring is 1. The fraction of sp³-hybridized carbons (Fsp3) is 0.692. The van der Waals surface area contributed by atoms with E-state index in [1.54, 1.807) is 27.0 Å². The van der Waals surface area contributed by atoms with Crippen LogP contribution in [0.1, 0.15) is 38.0 Å². The third kappa shape index (κ3) is 3.59. The minimum absolute atomic E-state index is 0.0530. The molecule has 2 heterocycles. The van der Waals surface area contributed by atoms with Gasteiger partial charge in [-0.15, -0.1) is 11.3 Å². The molecule has 1 aliphatic rings. The van der Waals surface area contributed by atoms with Crippen molar-refractivity contribution in [3.05, 3.63) is 11.1 Å². The summed E-state index contributed by atoms with van der Waals surface area (Å²) >= 11 is 1.31. The number of nitrogens with two attached hydrogens (primary N) is 1. The van der Waals surface area contributed by atoms with Crippen LogP contribution < -0.4 is 5.73 Å². The van der Waals surface area contributed by atoms with Gasteiger partial charge in [-0.05, 0) is 27.2 Å². The first-order valence-corrected chi connectivity index (χ1v) is 7.41. The maximum Gasteiger partial charge on any atom is 0.410 e. The predicted octanol–water partition coefficient (Wildman–Crippen LogP) is 2.79. The SMILES string of the molecule is CC(C)(C)OC(=O)N1CC[C@H](c2cnc(N)s2)[C@H](F)C1. The number of ether oxygens (including phenoxy) is 1. The molecule has 112 valence electrons. The number of alkyl halides is 1. The van der Waals surface area contributed by atoms with Crippen molar-refractivity contribution in [1.29, 1.82) is 0 Å². The second-order valence-corrected chi connectivity index (χ2v) is 7.03. The molecule has 1 saturated heterocycles. The lowest BCUT2D eigenvalue weighted by Gasteiger charge is -2.35. The highest BCUT2D eigenvalue weighted by atomic mass is 32.1. The number of carbonyl (C=O) groups excluding carboxylic acids is 1. The summed E-state index contributed by atoms with van der Waals surface area (Å²) in [4.78, 5) is 18.1. The molecule has 2 N–H and O–H groups in total. The first kappa shape index (κ1) is 15.0. The number of amides is 1. The van der Waals surface area contributed by atoms with Crippen molar-refractivity contribution in [1.82, 2.24) is 9.88 Å². The molecule has 1 aliphatic heterocycles. The lowest BCUT2D eigenvalue weighted by molar-refractivity contribution is 0.0113. The van der Waals surface area contributed by atoms with Gasteiger partial charge in [-0.25, -0.2) is 14.2 Å². The van der Waals surface area contributed by atoms with Crippen molar-refractivity contribution < 1.29 is 13.9 Å². The average Bonchev–Trinajstić information content (AvgIpc) is 2.73. The number of nitrogens with zero attached hydrogens (tertiary/aromatic N) is 2. The van der Waals surface area contributed by atoms with E-state index in [-0.39, 0.29) is 12.5 Å². The van der Waals surface area contributed by atoms with Crippen LogP contribution in [0.15, 0.2) is 6.20 Å². The summed E-state index contributed by atoms with van der Waals surface area (Å²) in [6.45, 7) is 5.93. The smallest absolute Gasteiger partial charge is 0.410 e. The number of carbonyl (C=O) groups is 1. The number of aromatic nitrogens is 1. The zero-order chi connectivity index (χ0) is 14.9. The van der Waals surface area contributed by atoms with Crippen molar-refractivity contribution in [2.45, 2.75) is 44.9 Å². The predicted molar refractivity (Wildman–Crippen MR) is 76.6 cm³/mol. The molecule has 1 aromatic heterocycles. The van der Waals surface area contributed by atoms with Crippen molar-refractivity contribution in [3.8, 4) is 0 Å². The Morgan fingerprint density at radius 2 is 2.30 bits per heavy atom. The molecule has 2 atom stereocenters. The van der Waals surface area contributed by atoms with E-state index < -0.39 is 17.9 Å². The molecule has 20 heavy (non-hydrogen) atoms. The molecule has 5 nitrogen and oxygen atoms in total. The Kier molecular flexibility index (Phi) is 4.17. The molecule has 1 amide bonds. The molecule has 7 heteroatoms. The fourth-order valence-electron chi connectivity index (χ4n) is 2.19. The molecular weight excluding hydrogens is 281 g/mol. The number of thiazole rings is 1. The van der Waals surface area contributed by atoms with Crippen LogP contribution in [0.4, 0.5) is 14.3 Å². The molecular formula is C13H20FN3O2S. The van der Waals surface area contributed by atoms with Gasteiger partial charge in [-0.3, -0.25) is 0 Å². The zero-order valence-electron chi connectivity index (χ0n) is 11.9. The van der Waals surface area contributed by atoms with E-state index in [2.05, 4.69) is 4.98 Å². The molecule has 0 unspecified atom stereocenters. The Bertz CT molecular complexity index is 486. The van der Waals surface area contributed by atoms with Crippen LogP contribution in [0, 0.1) is 0 Å². The van der Waals surface area contributed by atoms with E-state index in [4.69, 9.17) is 10.5 Å². The quantitative estimate of drug-likeness (QED) is 0.866. The van der Waals surface area contributed by atoms with E-state index in [0.717, 1.165) is 4.88 Å². The third-order valence-electron chi connectivity index (χ3n) is 3.10. The van der Waals surface area contributed by atoms with Gasteiger partial charge >= 0.3 is 6.09 Å². The van der Waals surface area contributed by atoms with Gasteiger partial charge in [-0.2, -0.15) is 0 Å². The van der Waals surface area contributed by atoms with Crippen LogP contribution >= 0.6 is 11.3 Å². The number of hydrogen-bond donors (Lipinski definition) is 1. The normalized spacial score (nSPS) is 23.7. The zero-order valence-corrected chi connectivity index (χ0v) is 12.7. The minimum atomic E-state index is -1.11. The highest BCUT2D eigenvalue weighted by molar-refractivity contribution is 7.15. The van der Waals surface area contributed by atoms with E-state index in [1.165, 1.54) is 16.2 Å². The maximum atomic E-state index is 14.3. The number of halogens is 1. The third-order valence-corrected chi connectivity index (χ3v) is 4.06. The number of rotatable bonds is 1. The highest BCUT2D eigenvalue weighted by Gasteiger charge is 2.35. The maximum absolute atomic E-state index is 14.3. The van der Waals surface area contributed by atoms with Crippen LogP contribution in [-0.2, 0) is 4.74 Å². The fourth-order valence-corrected chi connectivity index (χ4v) is 3.06. The highest BCUT2D eigenvalue weighted by Crippen LogP contribution is 2.34. The lowest BCUT2D eigenvalue weighted by Crippen LogP contribution is -2.46. The Hall–Kier alpha value is -1.37. The summed E-state index contributed by atoms with van der Waals surface area (Å²) in [5, 5.41) is 0.446. The van der Waals surface area contributed by atoms with Crippen LogP contribution in [0.5, 0.6) is 0 Å². The molecule has 0 radical (unpaired) electrons. The van der Waals surface area contributed by atoms with E-state index in [0.29, 0.717) is 18.1 Å². The number of piperidine rings is 1. The van der Waals surface area contributed by atoms with Gasteiger partial charge in [0.25, 0.3) is 0 Å². The number of likely N-dealkylation sites (tertiary alicyclic amines) is 1. The largest absolute Gasteiger partial charge is 0.444 e. The van der Waals surface area contributed by atoms with Crippen molar-refractivity contribution in [2.24, 2.45) is 0 Å². The summed E-state index contributed by atoms with van der Waals surface area (Å²) in [6, 6.07) is 0. The molecule has 1 aromatic rings.